The molecule has 2 atom stereocenters. The third-order valence-corrected chi connectivity index (χ3v) is 6.72. The van der Waals surface area contributed by atoms with Gasteiger partial charge in [-0.15, -0.1) is 0 Å². The zero-order chi connectivity index (χ0) is 22.6. The van der Waals surface area contributed by atoms with Crippen LogP contribution in [-0.2, 0) is 11.8 Å². The van der Waals surface area contributed by atoms with Gasteiger partial charge < -0.3 is 4.74 Å². The fourth-order valence-corrected chi connectivity index (χ4v) is 4.60. The minimum Gasteiger partial charge on any atom is -0.373 e. The molecule has 0 N–H and O–H groups in total. The average Bonchev–Trinajstić information content (AvgIpc) is 3.13. The first-order valence-electron chi connectivity index (χ1n) is 10.9. The van der Waals surface area contributed by atoms with Gasteiger partial charge in [-0.05, 0) is 39.5 Å². The van der Waals surface area contributed by atoms with Gasteiger partial charge in [-0.2, -0.15) is 18.3 Å². The topological polar surface area (TPSA) is 78.6 Å². The molecule has 0 spiro atoms. The van der Waals surface area contributed by atoms with Crippen molar-refractivity contribution >= 4 is 11.2 Å². The summed E-state index contributed by atoms with van der Waals surface area (Å²) in [5.74, 6) is -0.911. The first-order chi connectivity index (χ1) is 15.2. The monoisotopic (exact) mass is 446 g/mol. The summed E-state index contributed by atoms with van der Waals surface area (Å²) >= 11 is 0. The van der Waals surface area contributed by atoms with Gasteiger partial charge in [0, 0.05) is 37.3 Å². The maximum absolute atomic E-state index is 13.1. The Hall–Kier alpha value is -2.62. The first-order valence-corrected chi connectivity index (χ1v) is 10.9. The molecule has 4 heterocycles. The molecular weight excluding hydrogens is 421 g/mol. The summed E-state index contributed by atoms with van der Waals surface area (Å²) in [7, 11) is 1.86. The quantitative estimate of drug-likeness (QED) is 0.591. The summed E-state index contributed by atoms with van der Waals surface area (Å²) in [6.07, 6.45) is 0.949. The molecule has 3 aromatic heterocycles. The van der Waals surface area contributed by atoms with E-state index < -0.39 is 12.1 Å². The van der Waals surface area contributed by atoms with Crippen LogP contribution in [0, 0.1) is 19.8 Å². The van der Waals surface area contributed by atoms with Gasteiger partial charge in [-0.3, -0.25) is 4.68 Å². The van der Waals surface area contributed by atoms with Gasteiger partial charge in [0.25, 0.3) is 0 Å². The number of nitrogens with zero attached hydrogens (tertiary/aromatic N) is 6. The molecule has 1 aliphatic carbocycles. The van der Waals surface area contributed by atoms with E-state index in [9.17, 15) is 13.2 Å². The Balaban J connectivity index is 1.50. The molecule has 3 aromatic rings. The Kier molecular flexibility index (Phi) is 5.15. The normalized spacial score (nSPS) is 26.3. The van der Waals surface area contributed by atoms with Crippen molar-refractivity contribution < 1.29 is 17.9 Å². The highest BCUT2D eigenvalue weighted by Crippen LogP contribution is 2.50. The maximum Gasteiger partial charge on any atom is 0.391 e. The predicted octanol–water partition coefficient (Wildman–Crippen LogP) is 4.46. The molecule has 0 aromatic carbocycles. The van der Waals surface area contributed by atoms with Crippen LogP contribution in [0.2, 0.25) is 0 Å². The highest BCUT2D eigenvalue weighted by molar-refractivity contribution is 5.73. The summed E-state index contributed by atoms with van der Waals surface area (Å²) in [5, 5.41) is 4.23. The van der Waals surface area contributed by atoms with E-state index in [1.807, 2.05) is 27.1 Å². The smallest absolute Gasteiger partial charge is 0.373 e. The Morgan fingerprint density at radius 3 is 2.44 bits per heavy atom. The fourth-order valence-electron chi connectivity index (χ4n) is 4.60. The van der Waals surface area contributed by atoms with E-state index >= 15 is 0 Å². The number of rotatable bonds is 3. The van der Waals surface area contributed by atoms with Gasteiger partial charge in [0.1, 0.15) is 11.3 Å². The van der Waals surface area contributed by atoms with Gasteiger partial charge in [0.2, 0.25) is 0 Å². The summed E-state index contributed by atoms with van der Waals surface area (Å²) in [6.45, 7) is 4.26. The SMILES string of the molecule is Cc1nc2nc([C@H]3CCO[C@H](c4cnn(C)c4)C3)nc([C@H]3C[C@@H](C(F)(F)F)C3)c2nc1C. The Morgan fingerprint density at radius 1 is 1.00 bits per heavy atom. The standard InChI is InChI=1S/C22H25F3N6O/c1-11-12(2)28-21-19(27-11)18(14-6-16(7-14)22(23,24)25)29-20(30-21)13-4-5-32-17(8-13)15-9-26-31(3)10-15/h9-10,13-14,16-17H,4-8H2,1-3H3/t13-,14-,16+,17-/m0/s1. The van der Waals surface area contributed by atoms with Crippen molar-refractivity contribution in [1.82, 2.24) is 29.7 Å². The Bertz CT molecular complexity index is 1150. The van der Waals surface area contributed by atoms with Crippen LogP contribution in [0.15, 0.2) is 12.4 Å². The Morgan fingerprint density at radius 2 is 1.75 bits per heavy atom. The van der Waals surface area contributed by atoms with Gasteiger partial charge in [-0.1, -0.05) is 0 Å². The van der Waals surface area contributed by atoms with Crippen molar-refractivity contribution in [2.24, 2.45) is 13.0 Å². The van der Waals surface area contributed by atoms with Crippen LogP contribution in [0.25, 0.3) is 11.2 Å². The van der Waals surface area contributed by atoms with Crippen molar-refractivity contribution in [3.63, 3.8) is 0 Å². The molecule has 1 aliphatic heterocycles. The number of aromatic nitrogens is 6. The zero-order valence-electron chi connectivity index (χ0n) is 18.2. The zero-order valence-corrected chi connectivity index (χ0v) is 18.2. The molecular formula is C22H25F3N6O. The fraction of sp³-hybridized carbons (Fsp3) is 0.591. The molecule has 7 nitrogen and oxygen atoms in total. The van der Waals surface area contributed by atoms with Crippen molar-refractivity contribution in [3.8, 4) is 0 Å². The van der Waals surface area contributed by atoms with Crippen molar-refractivity contribution in [1.29, 1.82) is 0 Å². The van der Waals surface area contributed by atoms with E-state index in [1.54, 1.807) is 10.9 Å². The van der Waals surface area contributed by atoms with E-state index in [1.165, 1.54) is 0 Å². The molecule has 10 heteroatoms. The second-order valence-corrected chi connectivity index (χ2v) is 8.97. The number of halogens is 3. The molecule has 2 fully saturated rings. The lowest BCUT2D eigenvalue weighted by Crippen LogP contribution is -2.35. The lowest BCUT2D eigenvalue weighted by Gasteiger charge is -2.36. The van der Waals surface area contributed by atoms with Crippen LogP contribution < -0.4 is 0 Å². The molecule has 1 saturated heterocycles. The van der Waals surface area contributed by atoms with Crippen molar-refractivity contribution in [3.05, 3.63) is 40.9 Å². The number of alkyl halides is 3. The highest BCUT2D eigenvalue weighted by Gasteiger charge is 2.49. The van der Waals surface area contributed by atoms with Crippen LogP contribution in [0.5, 0.6) is 0 Å². The molecule has 5 rings (SSSR count). The van der Waals surface area contributed by atoms with E-state index in [4.69, 9.17) is 14.7 Å². The van der Waals surface area contributed by atoms with E-state index in [2.05, 4.69) is 15.1 Å². The summed E-state index contributed by atoms with van der Waals surface area (Å²) in [6, 6.07) is 0. The highest BCUT2D eigenvalue weighted by atomic mass is 19.4. The molecule has 2 aliphatic rings. The summed E-state index contributed by atoms with van der Waals surface area (Å²) in [4.78, 5) is 18.7. The summed E-state index contributed by atoms with van der Waals surface area (Å²) < 4.78 is 47.0. The Labute approximate surface area is 183 Å². The van der Waals surface area contributed by atoms with Gasteiger partial charge in [0.15, 0.2) is 5.65 Å². The van der Waals surface area contributed by atoms with Crippen LogP contribution in [0.4, 0.5) is 13.2 Å². The minimum absolute atomic E-state index is 0.0269. The minimum atomic E-state index is -4.17. The number of hydrogen-bond donors (Lipinski definition) is 0. The molecule has 32 heavy (non-hydrogen) atoms. The molecule has 0 unspecified atom stereocenters. The lowest BCUT2D eigenvalue weighted by molar-refractivity contribution is -0.197. The largest absolute Gasteiger partial charge is 0.391 e. The molecule has 170 valence electrons. The average molecular weight is 446 g/mol. The number of fused-ring (bicyclic) bond motifs is 1. The van der Waals surface area contributed by atoms with Crippen LogP contribution in [0.1, 0.15) is 72.1 Å². The first kappa shape index (κ1) is 21.2. The molecule has 0 radical (unpaired) electrons. The molecule has 0 bridgehead atoms. The van der Waals surface area contributed by atoms with E-state index in [-0.39, 0.29) is 30.8 Å². The van der Waals surface area contributed by atoms with Gasteiger partial charge in [0.05, 0.1) is 35.3 Å². The molecule has 0 amide bonds. The number of hydrogen-bond acceptors (Lipinski definition) is 6. The van der Waals surface area contributed by atoms with E-state index in [0.717, 1.165) is 23.4 Å². The predicted molar refractivity (Wildman–Crippen MR) is 110 cm³/mol. The van der Waals surface area contributed by atoms with E-state index in [0.29, 0.717) is 35.7 Å². The van der Waals surface area contributed by atoms with Crippen LogP contribution >= 0.6 is 0 Å². The lowest BCUT2D eigenvalue weighted by atomic mass is 9.72. The third kappa shape index (κ3) is 3.85. The van der Waals surface area contributed by atoms with Crippen molar-refractivity contribution in [2.75, 3.05) is 6.61 Å². The second kappa shape index (κ2) is 7.75. The van der Waals surface area contributed by atoms with Crippen molar-refractivity contribution in [2.45, 2.75) is 63.6 Å². The maximum atomic E-state index is 13.1. The number of ether oxygens (including phenoxy) is 1. The van der Waals surface area contributed by atoms with Crippen LogP contribution in [-0.4, -0.2) is 42.5 Å². The number of aryl methyl sites for hydroxylation is 3. The summed E-state index contributed by atoms with van der Waals surface area (Å²) in [5.41, 5.74) is 4.09. The molecule has 1 saturated carbocycles. The van der Waals surface area contributed by atoms with Crippen LogP contribution in [0.3, 0.4) is 0 Å². The second-order valence-electron chi connectivity index (χ2n) is 8.97. The third-order valence-electron chi connectivity index (χ3n) is 6.72. The van der Waals surface area contributed by atoms with Gasteiger partial charge >= 0.3 is 6.18 Å². The van der Waals surface area contributed by atoms with Gasteiger partial charge in [-0.25, -0.2) is 19.9 Å².